The lowest BCUT2D eigenvalue weighted by Gasteiger charge is -2.23. The number of nitrogens with one attached hydrogen (secondary N) is 2. The highest BCUT2D eigenvalue weighted by molar-refractivity contribution is 5.84. The van der Waals surface area contributed by atoms with Crippen LogP contribution in [0.3, 0.4) is 0 Å². The number of hydrogen-bond donors (Lipinski definition) is 2. The maximum Gasteiger partial charge on any atom is 0.251 e. The van der Waals surface area contributed by atoms with Gasteiger partial charge in [-0.2, -0.15) is 0 Å². The monoisotopic (exact) mass is 329 g/mol. The van der Waals surface area contributed by atoms with Crippen molar-refractivity contribution < 1.29 is 9.53 Å². The van der Waals surface area contributed by atoms with Gasteiger partial charge < -0.3 is 15.0 Å². The maximum atomic E-state index is 12.1. The van der Waals surface area contributed by atoms with E-state index in [0.29, 0.717) is 5.92 Å². The van der Waals surface area contributed by atoms with E-state index in [0.717, 1.165) is 32.6 Å². The van der Waals surface area contributed by atoms with Crippen LogP contribution in [0.25, 0.3) is 10.9 Å². The van der Waals surface area contributed by atoms with Crippen molar-refractivity contribution in [3.8, 4) is 0 Å². The van der Waals surface area contributed by atoms with Crippen LogP contribution in [-0.4, -0.2) is 48.1 Å². The molecule has 24 heavy (non-hydrogen) atoms. The van der Waals surface area contributed by atoms with Crippen LogP contribution in [0.15, 0.2) is 30.3 Å². The summed E-state index contributed by atoms with van der Waals surface area (Å²) in [6, 6.07) is 10.6. The summed E-state index contributed by atoms with van der Waals surface area (Å²) >= 11 is 0. The SMILES string of the molecule is COC(C)(C)C(=O)NC[C@@H]1CCN(Cc2cc3ccccc3[nH]2)C1. The molecule has 0 bridgehead atoms. The minimum atomic E-state index is -0.761. The van der Waals surface area contributed by atoms with Crippen molar-refractivity contribution in [1.29, 1.82) is 0 Å². The molecule has 5 heteroatoms. The first-order valence-corrected chi connectivity index (χ1v) is 8.60. The van der Waals surface area contributed by atoms with Gasteiger partial charge in [0.25, 0.3) is 5.91 Å². The average Bonchev–Trinajstić information content (AvgIpc) is 3.18. The van der Waals surface area contributed by atoms with Gasteiger partial charge in [-0.1, -0.05) is 18.2 Å². The molecule has 3 rings (SSSR count). The van der Waals surface area contributed by atoms with Gasteiger partial charge in [-0.05, 0) is 50.2 Å². The number of aromatic amines is 1. The maximum absolute atomic E-state index is 12.1. The van der Waals surface area contributed by atoms with Gasteiger partial charge in [-0.25, -0.2) is 0 Å². The molecule has 1 fully saturated rings. The second-order valence-corrected chi connectivity index (χ2v) is 7.20. The fourth-order valence-electron chi connectivity index (χ4n) is 3.23. The van der Waals surface area contributed by atoms with Crippen molar-refractivity contribution in [3.05, 3.63) is 36.0 Å². The van der Waals surface area contributed by atoms with Crippen molar-refractivity contribution in [2.75, 3.05) is 26.7 Å². The summed E-state index contributed by atoms with van der Waals surface area (Å²) in [5.41, 5.74) is 1.68. The molecule has 1 aromatic heterocycles. The second kappa shape index (κ2) is 6.95. The molecule has 0 aliphatic carbocycles. The molecule has 1 atom stereocenters. The topological polar surface area (TPSA) is 57.4 Å². The first-order chi connectivity index (χ1) is 11.5. The Balaban J connectivity index is 1.49. The van der Waals surface area contributed by atoms with Gasteiger partial charge in [0, 0.05) is 38.0 Å². The van der Waals surface area contributed by atoms with E-state index in [-0.39, 0.29) is 5.91 Å². The number of benzene rings is 1. The molecular formula is C19H27N3O2. The molecule has 0 radical (unpaired) electrons. The van der Waals surface area contributed by atoms with Crippen molar-refractivity contribution in [2.24, 2.45) is 5.92 Å². The van der Waals surface area contributed by atoms with Gasteiger partial charge in [0.05, 0.1) is 0 Å². The Labute approximate surface area is 143 Å². The zero-order valence-electron chi connectivity index (χ0n) is 14.8. The van der Waals surface area contributed by atoms with Crippen LogP contribution in [0.5, 0.6) is 0 Å². The van der Waals surface area contributed by atoms with Crippen molar-refractivity contribution in [2.45, 2.75) is 32.4 Å². The fourth-order valence-corrected chi connectivity index (χ4v) is 3.23. The molecule has 2 N–H and O–H groups in total. The predicted molar refractivity (Wildman–Crippen MR) is 95.8 cm³/mol. The van der Waals surface area contributed by atoms with Crippen molar-refractivity contribution in [1.82, 2.24) is 15.2 Å². The van der Waals surface area contributed by atoms with Crippen LogP contribution in [0.2, 0.25) is 0 Å². The summed E-state index contributed by atoms with van der Waals surface area (Å²) in [6.45, 7) is 7.32. The molecule has 5 nitrogen and oxygen atoms in total. The number of para-hydroxylation sites is 1. The zero-order chi connectivity index (χ0) is 17.2. The summed E-state index contributed by atoms with van der Waals surface area (Å²) in [6.07, 6.45) is 1.12. The van der Waals surface area contributed by atoms with E-state index >= 15 is 0 Å². The minimum absolute atomic E-state index is 0.0425. The highest BCUT2D eigenvalue weighted by atomic mass is 16.5. The minimum Gasteiger partial charge on any atom is -0.369 e. The Hall–Kier alpha value is -1.85. The summed E-state index contributed by atoms with van der Waals surface area (Å²) in [4.78, 5) is 18.0. The lowest BCUT2D eigenvalue weighted by Crippen LogP contribution is -2.45. The van der Waals surface area contributed by atoms with Crippen LogP contribution >= 0.6 is 0 Å². The number of fused-ring (bicyclic) bond motifs is 1. The molecule has 0 unspecified atom stereocenters. The van der Waals surface area contributed by atoms with Crippen LogP contribution in [0.4, 0.5) is 0 Å². The third kappa shape index (κ3) is 3.79. The first-order valence-electron chi connectivity index (χ1n) is 8.60. The molecule has 130 valence electrons. The highest BCUT2D eigenvalue weighted by Crippen LogP contribution is 2.21. The molecule has 1 saturated heterocycles. The zero-order valence-corrected chi connectivity index (χ0v) is 14.8. The Kier molecular flexibility index (Phi) is 4.92. The number of methoxy groups -OCH3 is 1. The van der Waals surface area contributed by atoms with Gasteiger partial charge in [-0.3, -0.25) is 9.69 Å². The molecule has 1 aliphatic heterocycles. The lowest BCUT2D eigenvalue weighted by molar-refractivity contribution is -0.139. The number of hydrogen-bond acceptors (Lipinski definition) is 3. The number of carbonyl (C=O) groups excluding carboxylic acids is 1. The summed E-state index contributed by atoms with van der Waals surface area (Å²) in [7, 11) is 1.57. The number of carbonyl (C=O) groups is 1. The number of nitrogens with zero attached hydrogens (tertiary/aromatic N) is 1. The second-order valence-electron chi connectivity index (χ2n) is 7.20. The first kappa shape index (κ1) is 17.0. The molecule has 2 aromatic rings. The largest absolute Gasteiger partial charge is 0.369 e. The lowest BCUT2D eigenvalue weighted by atomic mass is 10.1. The van der Waals surface area contributed by atoms with Gasteiger partial charge >= 0.3 is 0 Å². The smallest absolute Gasteiger partial charge is 0.251 e. The molecule has 0 spiro atoms. The Morgan fingerprint density at radius 2 is 2.21 bits per heavy atom. The molecule has 1 aromatic carbocycles. The number of aromatic nitrogens is 1. The standard InChI is InChI=1S/C19H27N3O2/c1-19(2,24-3)18(23)20-11-14-8-9-22(12-14)13-16-10-15-6-4-5-7-17(15)21-16/h4-7,10,14,21H,8-9,11-13H2,1-3H3,(H,20,23)/t14-/m0/s1. The molecular weight excluding hydrogens is 302 g/mol. The van der Waals surface area contributed by atoms with E-state index in [4.69, 9.17) is 4.74 Å². The summed E-state index contributed by atoms with van der Waals surface area (Å²) in [5, 5.41) is 4.28. The van der Waals surface area contributed by atoms with Crippen LogP contribution < -0.4 is 5.32 Å². The van der Waals surface area contributed by atoms with Crippen LogP contribution in [0, 0.1) is 5.92 Å². The van der Waals surface area contributed by atoms with E-state index in [1.54, 1.807) is 21.0 Å². The number of amides is 1. The van der Waals surface area contributed by atoms with E-state index in [1.165, 1.54) is 16.6 Å². The number of ether oxygens (including phenoxy) is 1. The molecule has 2 heterocycles. The quantitative estimate of drug-likeness (QED) is 0.856. The number of rotatable bonds is 6. The van der Waals surface area contributed by atoms with Gasteiger partial charge in [0.15, 0.2) is 0 Å². The van der Waals surface area contributed by atoms with Crippen LogP contribution in [-0.2, 0) is 16.1 Å². The normalized spacial score (nSPS) is 19.0. The van der Waals surface area contributed by atoms with E-state index in [1.807, 2.05) is 0 Å². The number of H-pyrrole nitrogens is 1. The van der Waals surface area contributed by atoms with Gasteiger partial charge in [-0.15, -0.1) is 0 Å². The van der Waals surface area contributed by atoms with E-state index in [9.17, 15) is 4.79 Å². The van der Waals surface area contributed by atoms with Crippen LogP contribution in [0.1, 0.15) is 26.0 Å². The third-order valence-electron chi connectivity index (χ3n) is 4.96. The third-order valence-corrected chi connectivity index (χ3v) is 4.96. The average molecular weight is 329 g/mol. The molecule has 1 amide bonds. The predicted octanol–water partition coefficient (Wildman–Crippen LogP) is 2.53. The van der Waals surface area contributed by atoms with Gasteiger partial charge in [0.1, 0.15) is 5.60 Å². The Bertz CT molecular complexity index is 674. The summed E-state index contributed by atoms with van der Waals surface area (Å²) < 4.78 is 5.22. The van der Waals surface area contributed by atoms with Crippen molar-refractivity contribution in [3.63, 3.8) is 0 Å². The fraction of sp³-hybridized carbons (Fsp3) is 0.526. The Morgan fingerprint density at radius 1 is 1.42 bits per heavy atom. The molecule has 0 saturated carbocycles. The molecule has 1 aliphatic rings. The summed E-state index contributed by atoms with van der Waals surface area (Å²) in [5.74, 6) is 0.463. The van der Waals surface area contributed by atoms with Crippen molar-refractivity contribution >= 4 is 16.8 Å². The highest BCUT2D eigenvalue weighted by Gasteiger charge is 2.29. The van der Waals surface area contributed by atoms with E-state index < -0.39 is 5.60 Å². The number of likely N-dealkylation sites (tertiary alicyclic amines) is 1. The Morgan fingerprint density at radius 3 is 2.96 bits per heavy atom. The van der Waals surface area contributed by atoms with E-state index in [2.05, 4.69) is 45.5 Å². The van der Waals surface area contributed by atoms with Gasteiger partial charge in [0.2, 0.25) is 0 Å².